The van der Waals surface area contributed by atoms with Gasteiger partial charge in [-0.05, 0) is 83.5 Å². The SMILES string of the molecule is CCCCCC=CCC=CCC=CCC=CCCCC(=O)OC[C@@H](COC(=O)CCCCCCCCCCCCCCCCC)OC(=O)CCCCCCCCCC=CCCCCCCCC. The van der Waals surface area contributed by atoms with Crippen LogP contribution in [0, 0.1) is 0 Å². The summed E-state index contributed by atoms with van der Waals surface area (Å²) in [5.41, 5.74) is 0. The van der Waals surface area contributed by atoms with Crippen LogP contribution in [-0.4, -0.2) is 37.2 Å². The molecule has 67 heavy (non-hydrogen) atoms. The number of ether oxygens (including phenoxy) is 3. The molecule has 388 valence electrons. The summed E-state index contributed by atoms with van der Waals surface area (Å²) in [7, 11) is 0. The van der Waals surface area contributed by atoms with E-state index in [0.717, 1.165) is 64.2 Å². The van der Waals surface area contributed by atoms with E-state index < -0.39 is 6.10 Å². The maximum Gasteiger partial charge on any atom is 0.306 e. The van der Waals surface area contributed by atoms with Gasteiger partial charge in [0.25, 0.3) is 0 Å². The zero-order valence-corrected chi connectivity index (χ0v) is 44.4. The van der Waals surface area contributed by atoms with Gasteiger partial charge in [0.15, 0.2) is 6.10 Å². The van der Waals surface area contributed by atoms with Gasteiger partial charge in [-0.3, -0.25) is 14.4 Å². The number of carbonyl (C=O) groups excluding carboxylic acids is 3. The fourth-order valence-electron chi connectivity index (χ4n) is 8.14. The Balaban J connectivity index is 4.45. The molecule has 0 unspecified atom stereocenters. The van der Waals surface area contributed by atoms with Crippen molar-refractivity contribution in [3.63, 3.8) is 0 Å². The van der Waals surface area contributed by atoms with E-state index in [9.17, 15) is 14.4 Å². The van der Waals surface area contributed by atoms with E-state index in [2.05, 4.69) is 81.5 Å². The van der Waals surface area contributed by atoms with E-state index >= 15 is 0 Å². The van der Waals surface area contributed by atoms with Gasteiger partial charge in [-0.15, -0.1) is 0 Å². The van der Waals surface area contributed by atoms with Crippen LogP contribution >= 0.6 is 0 Å². The fourth-order valence-corrected chi connectivity index (χ4v) is 8.14. The van der Waals surface area contributed by atoms with Crippen LogP contribution < -0.4 is 0 Å². The summed E-state index contributed by atoms with van der Waals surface area (Å²) in [6, 6.07) is 0. The van der Waals surface area contributed by atoms with Gasteiger partial charge in [-0.2, -0.15) is 0 Å². The average molecular weight is 938 g/mol. The smallest absolute Gasteiger partial charge is 0.306 e. The first-order valence-electron chi connectivity index (χ1n) is 28.8. The maximum absolute atomic E-state index is 12.9. The van der Waals surface area contributed by atoms with Gasteiger partial charge in [-0.25, -0.2) is 0 Å². The molecule has 0 bridgehead atoms. The Bertz CT molecular complexity index is 1210. The Morgan fingerprint density at radius 1 is 0.299 bits per heavy atom. The highest BCUT2D eigenvalue weighted by molar-refractivity contribution is 5.71. The average Bonchev–Trinajstić information content (AvgIpc) is 3.33. The number of carbonyl (C=O) groups is 3. The zero-order valence-electron chi connectivity index (χ0n) is 44.4. The summed E-state index contributed by atoms with van der Waals surface area (Å²) in [4.78, 5) is 38.1. The minimum atomic E-state index is -0.796. The lowest BCUT2D eigenvalue weighted by Crippen LogP contribution is -2.30. The molecule has 6 nitrogen and oxygen atoms in total. The van der Waals surface area contributed by atoms with E-state index in [1.165, 1.54) is 180 Å². The first kappa shape index (κ1) is 64.1. The Labute approximate surface area is 415 Å². The molecule has 0 rings (SSSR count). The minimum absolute atomic E-state index is 0.0902. The molecule has 0 aromatic heterocycles. The van der Waals surface area contributed by atoms with Crippen LogP contribution in [0.1, 0.15) is 290 Å². The van der Waals surface area contributed by atoms with Crippen molar-refractivity contribution in [2.75, 3.05) is 13.2 Å². The molecular formula is C61H108O6. The number of hydrogen-bond acceptors (Lipinski definition) is 6. The van der Waals surface area contributed by atoms with Crippen LogP contribution in [0.5, 0.6) is 0 Å². The van der Waals surface area contributed by atoms with E-state index in [-0.39, 0.29) is 37.5 Å². The standard InChI is InChI=1S/C61H108O6/c1-4-7-10-13-16-19-22-25-28-30-33-36-39-42-45-48-51-54-60(63)66-57-58(56-65-59(62)53-50-47-44-41-38-35-32-27-24-21-18-15-12-9-6-3)67-61(64)55-52-49-46-43-40-37-34-31-29-26-23-20-17-14-11-8-5-2/h16,19,25-26,28-29,33,36,42,45,58H,4-15,17-18,20-24,27,30-32,34-35,37-41,43-44,46-57H2,1-3H3/t58-/m1/s1. The van der Waals surface area contributed by atoms with E-state index in [1.54, 1.807) is 0 Å². The Hall–Kier alpha value is -2.89. The molecule has 0 aromatic carbocycles. The maximum atomic E-state index is 12.9. The molecule has 0 N–H and O–H groups in total. The molecule has 6 heteroatoms. The summed E-state index contributed by atoms with van der Waals surface area (Å²) >= 11 is 0. The highest BCUT2D eigenvalue weighted by Gasteiger charge is 2.19. The number of esters is 3. The summed E-state index contributed by atoms with van der Waals surface area (Å²) in [6.07, 6.45) is 69.2. The Morgan fingerprint density at radius 2 is 0.552 bits per heavy atom. The predicted octanol–water partition coefficient (Wildman–Crippen LogP) is 19.2. The summed E-state index contributed by atoms with van der Waals surface area (Å²) < 4.78 is 16.8. The van der Waals surface area contributed by atoms with Crippen molar-refractivity contribution in [2.24, 2.45) is 0 Å². The Morgan fingerprint density at radius 3 is 0.940 bits per heavy atom. The van der Waals surface area contributed by atoms with E-state index in [4.69, 9.17) is 14.2 Å². The molecule has 1 atom stereocenters. The van der Waals surface area contributed by atoms with Crippen molar-refractivity contribution in [1.29, 1.82) is 0 Å². The summed E-state index contributed by atoms with van der Waals surface area (Å²) in [5, 5.41) is 0. The third-order valence-corrected chi connectivity index (χ3v) is 12.5. The highest BCUT2D eigenvalue weighted by atomic mass is 16.6. The van der Waals surface area contributed by atoms with Gasteiger partial charge in [0.2, 0.25) is 0 Å². The summed E-state index contributed by atoms with van der Waals surface area (Å²) in [6.45, 7) is 6.59. The van der Waals surface area contributed by atoms with Crippen molar-refractivity contribution < 1.29 is 28.6 Å². The Kier molecular flexibility index (Phi) is 53.3. The van der Waals surface area contributed by atoms with Crippen molar-refractivity contribution >= 4 is 17.9 Å². The quantitative estimate of drug-likeness (QED) is 0.0262. The second-order valence-electron chi connectivity index (χ2n) is 19.2. The van der Waals surface area contributed by atoms with Crippen LogP contribution in [-0.2, 0) is 28.6 Å². The van der Waals surface area contributed by atoms with Crippen LogP contribution in [0.4, 0.5) is 0 Å². The van der Waals surface area contributed by atoms with Crippen LogP contribution in [0.2, 0.25) is 0 Å². The van der Waals surface area contributed by atoms with Gasteiger partial charge in [0.1, 0.15) is 13.2 Å². The van der Waals surface area contributed by atoms with Gasteiger partial charge in [0.05, 0.1) is 0 Å². The highest BCUT2D eigenvalue weighted by Crippen LogP contribution is 2.16. The lowest BCUT2D eigenvalue weighted by Gasteiger charge is -2.18. The first-order chi connectivity index (χ1) is 33.0. The van der Waals surface area contributed by atoms with Crippen molar-refractivity contribution in [3.8, 4) is 0 Å². The number of allylic oxidation sites excluding steroid dienone is 10. The third-order valence-electron chi connectivity index (χ3n) is 12.5. The first-order valence-corrected chi connectivity index (χ1v) is 28.8. The van der Waals surface area contributed by atoms with E-state index in [0.29, 0.717) is 19.3 Å². The number of rotatable bonds is 52. The van der Waals surface area contributed by atoms with Crippen molar-refractivity contribution in [2.45, 2.75) is 297 Å². The fraction of sp³-hybridized carbons (Fsp3) is 0.787. The van der Waals surface area contributed by atoms with Crippen LogP contribution in [0.25, 0.3) is 0 Å². The minimum Gasteiger partial charge on any atom is -0.462 e. The van der Waals surface area contributed by atoms with Crippen molar-refractivity contribution in [3.05, 3.63) is 60.8 Å². The monoisotopic (exact) mass is 937 g/mol. The normalized spacial score (nSPS) is 12.5. The number of hydrogen-bond donors (Lipinski definition) is 0. The lowest BCUT2D eigenvalue weighted by atomic mass is 10.0. The van der Waals surface area contributed by atoms with Gasteiger partial charge in [0, 0.05) is 19.3 Å². The molecule has 0 heterocycles. The van der Waals surface area contributed by atoms with Gasteiger partial charge >= 0.3 is 17.9 Å². The molecule has 0 radical (unpaired) electrons. The second-order valence-corrected chi connectivity index (χ2v) is 19.2. The molecule has 0 fully saturated rings. The van der Waals surface area contributed by atoms with Crippen molar-refractivity contribution in [1.82, 2.24) is 0 Å². The molecule has 0 saturated carbocycles. The summed E-state index contributed by atoms with van der Waals surface area (Å²) in [5.74, 6) is -0.941. The zero-order chi connectivity index (χ0) is 48.6. The predicted molar refractivity (Wildman–Crippen MR) is 288 cm³/mol. The molecule has 0 saturated heterocycles. The molecule has 0 aliphatic heterocycles. The van der Waals surface area contributed by atoms with Crippen LogP contribution in [0.3, 0.4) is 0 Å². The largest absolute Gasteiger partial charge is 0.462 e. The number of unbranched alkanes of at least 4 members (excludes halogenated alkanes) is 31. The molecule has 0 aromatic rings. The van der Waals surface area contributed by atoms with Gasteiger partial charge < -0.3 is 14.2 Å². The van der Waals surface area contributed by atoms with E-state index in [1.807, 2.05) is 0 Å². The molecule has 0 aliphatic carbocycles. The lowest BCUT2D eigenvalue weighted by molar-refractivity contribution is -0.167. The molecule has 0 spiro atoms. The van der Waals surface area contributed by atoms with Gasteiger partial charge in [-0.1, -0.05) is 248 Å². The molecular weight excluding hydrogens is 829 g/mol. The topological polar surface area (TPSA) is 78.9 Å². The molecule has 0 aliphatic rings. The second kappa shape index (κ2) is 55.7. The molecule has 0 amide bonds. The van der Waals surface area contributed by atoms with Crippen LogP contribution in [0.15, 0.2) is 60.8 Å². The third kappa shape index (κ3) is 53.9.